The van der Waals surface area contributed by atoms with Crippen molar-refractivity contribution in [2.45, 2.75) is 11.8 Å². The van der Waals surface area contributed by atoms with Gasteiger partial charge < -0.3 is 10.1 Å². The molecule has 0 aliphatic carbocycles. The number of amides is 1. The molecule has 0 unspecified atom stereocenters. The first kappa shape index (κ1) is 21.0. The summed E-state index contributed by atoms with van der Waals surface area (Å²) in [6.45, 7) is 1.33. The predicted molar refractivity (Wildman–Crippen MR) is 117 cm³/mol. The number of ether oxygens (including phenoxy) is 1. The molecule has 30 heavy (non-hydrogen) atoms. The van der Waals surface area contributed by atoms with Gasteiger partial charge in [-0.15, -0.1) is 0 Å². The lowest BCUT2D eigenvalue weighted by Crippen LogP contribution is -2.14. The van der Waals surface area contributed by atoms with Crippen LogP contribution in [0.25, 0.3) is 0 Å². The molecule has 0 fully saturated rings. The summed E-state index contributed by atoms with van der Waals surface area (Å²) < 4.78 is 33.4. The van der Waals surface area contributed by atoms with Gasteiger partial charge in [0, 0.05) is 18.1 Å². The highest BCUT2D eigenvalue weighted by atomic mass is 32.2. The van der Waals surface area contributed by atoms with Crippen LogP contribution in [0.15, 0.2) is 77.7 Å². The highest BCUT2D eigenvalue weighted by Crippen LogP contribution is 2.28. The van der Waals surface area contributed by atoms with E-state index in [0.717, 1.165) is 5.56 Å². The van der Waals surface area contributed by atoms with Gasteiger partial charge in [0.2, 0.25) is 5.91 Å². The first-order chi connectivity index (χ1) is 14.4. The van der Waals surface area contributed by atoms with Crippen molar-refractivity contribution in [3.8, 4) is 17.6 Å². The smallest absolute Gasteiger partial charge is 0.261 e. The Kier molecular flexibility index (Phi) is 6.40. The van der Waals surface area contributed by atoms with Crippen molar-refractivity contribution in [1.82, 2.24) is 0 Å². The van der Waals surface area contributed by atoms with Gasteiger partial charge >= 0.3 is 0 Å². The minimum atomic E-state index is -3.89. The van der Waals surface area contributed by atoms with Crippen molar-refractivity contribution in [3.05, 3.63) is 83.9 Å². The minimum Gasteiger partial charge on any atom is -0.495 e. The van der Waals surface area contributed by atoms with Crippen LogP contribution in [-0.4, -0.2) is 21.4 Å². The largest absolute Gasteiger partial charge is 0.495 e. The number of carbonyl (C=O) groups is 1. The van der Waals surface area contributed by atoms with Gasteiger partial charge in [-0.3, -0.25) is 9.52 Å². The van der Waals surface area contributed by atoms with Crippen molar-refractivity contribution >= 4 is 27.3 Å². The lowest BCUT2D eigenvalue weighted by Gasteiger charge is -2.13. The molecule has 0 aliphatic heterocycles. The fourth-order valence-electron chi connectivity index (χ4n) is 2.68. The van der Waals surface area contributed by atoms with Crippen LogP contribution >= 0.6 is 0 Å². The van der Waals surface area contributed by atoms with E-state index in [-0.39, 0.29) is 16.5 Å². The summed E-state index contributed by atoms with van der Waals surface area (Å²) in [4.78, 5) is 11.4. The monoisotopic (exact) mass is 420 g/mol. The zero-order valence-corrected chi connectivity index (χ0v) is 17.3. The molecular weight excluding hydrogens is 400 g/mol. The van der Waals surface area contributed by atoms with Crippen LogP contribution in [-0.2, 0) is 14.8 Å². The Balaban J connectivity index is 1.85. The Labute approximate surface area is 176 Å². The zero-order chi connectivity index (χ0) is 21.6. The zero-order valence-electron chi connectivity index (χ0n) is 16.5. The molecule has 0 saturated heterocycles. The Morgan fingerprint density at radius 3 is 2.30 bits per heavy atom. The molecular formula is C23H20N2O4S. The van der Waals surface area contributed by atoms with Gasteiger partial charge in [0.25, 0.3) is 10.0 Å². The van der Waals surface area contributed by atoms with E-state index >= 15 is 0 Å². The molecule has 0 spiro atoms. The van der Waals surface area contributed by atoms with Crippen LogP contribution < -0.4 is 14.8 Å². The van der Waals surface area contributed by atoms with Gasteiger partial charge in [-0.2, -0.15) is 0 Å². The van der Waals surface area contributed by atoms with Crippen LogP contribution in [0.2, 0.25) is 0 Å². The van der Waals surface area contributed by atoms with Crippen molar-refractivity contribution in [2.24, 2.45) is 0 Å². The number of hydrogen-bond acceptors (Lipinski definition) is 4. The quantitative estimate of drug-likeness (QED) is 0.614. The molecule has 0 heterocycles. The lowest BCUT2D eigenvalue weighted by molar-refractivity contribution is -0.114. The SMILES string of the molecule is COc1ccc(S(=O)(=O)Nc2cccc(C#Cc3ccccc3)c2)cc1NC(C)=O. The second-order valence-corrected chi connectivity index (χ2v) is 8.03. The molecule has 0 radical (unpaired) electrons. The average molecular weight is 420 g/mol. The van der Waals surface area contributed by atoms with Crippen LogP contribution in [0.3, 0.4) is 0 Å². The molecule has 3 aromatic rings. The number of hydrogen-bond donors (Lipinski definition) is 2. The molecule has 1 amide bonds. The molecule has 0 aromatic heterocycles. The number of benzene rings is 3. The van der Waals surface area contributed by atoms with E-state index in [9.17, 15) is 13.2 Å². The highest BCUT2D eigenvalue weighted by molar-refractivity contribution is 7.92. The molecule has 0 saturated carbocycles. The molecule has 152 valence electrons. The summed E-state index contributed by atoms with van der Waals surface area (Å²) in [5.74, 6) is 6.09. The molecule has 2 N–H and O–H groups in total. The number of sulfonamides is 1. The van der Waals surface area contributed by atoms with Crippen LogP contribution in [0.4, 0.5) is 11.4 Å². The standard InChI is InChI=1S/C23H20N2O4S/c1-17(26)24-22-16-21(13-14-23(22)29-2)30(27,28)25-20-10-6-9-19(15-20)12-11-18-7-4-3-5-8-18/h3-10,13-16,25H,1-2H3,(H,24,26). The van der Waals surface area contributed by atoms with Crippen LogP contribution in [0.5, 0.6) is 5.75 Å². The third-order valence-corrected chi connectivity index (χ3v) is 5.41. The number of nitrogens with one attached hydrogen (secondary N) is 2. The van der Waals surface area contributed by atoms with Gasteiger partial charge in [-0.05, 0) is 48.5 Å². The molecule has 6 nitrogen and oxygen atoms in total. The third-order valence-electron chi connectivity index (χ3n) is 4.03. The van der Waals surface area contributed by atoms with E-state index in [1.165, 1.54) is 32.2 Å². The van der Waals surface area contributed by atoms with Crippen molar-refractivity contribution in [2.75, 3.05) is 17.1 Å². The fraction of sp³-hybridized carbons (Fsp3) is 0.0870. The van der Waals surface area contributed by atoms with E-state index in [0.29, 0.717) is 17.0 Å². The Bertz CT molecular complexity index is 1230. The van der Waals surface area contributed by atoms with Gasteiger partial charge in [0.05, 0.1) is 23.4 Å². The first-order valence-corrected chi connectivity index (χ1v) is 10.5. The maximum Gasteiger partial charge on any atom is 0.261 e. The summed E-state index contributed by atoms with van der Waals surface area (Å²) >= 11 is 0. The fourth-order valence-corrected chi connectivity index (χ4v) is 3.76. The lowest BCUT2D eigenvalue weighted by atomic mass is 10.2. The Morgan fingerprint density at radius 1 is 0.900 bits per heavy atom. The van der Waals surface area contributed by atoms with Crippen molar-refractivity contribution < 1.29 is 17.9 Å². The van der Waals surface area contributed by atoms with E-state index < -0.39 is 10.0 Å². The summed E-state index contributed by atoms with van der Waals surface area (Å²) in [6, 6.07) is 20.6. The average Bonchev–Trinajstić information content (AvgIpc) is 2.72. The second kappa shape index (κ2) is 9.16. The highest BCUT2D eigenvalue weighted by Gasteiger charge is 2.17. The summed E-state index contributed by atoms with van der Waals surface area (Å²) in [5.41, 5.74) is 2.20. The minimum absolute atomic E-state index is 0.00665. The Hall–Kier alpha value is -3.76. The maximum atomic E-state index is 12.8. The number of rotatable bonds is 5. The van der Waals surface area contributed by atoms with E-state index in [1.807, 2.05) is 30.3 Å². The van der Waals surface area contributed by atoms with Gasteiger partial charge in [-0.1, -0.05) is 36.1 Å². The number of methoxy groups -OCH3 is 1. The number of anilines is 2. The van der Waals surface area contributed by atoms with Crippen LogP contribution in [0, 0.1) is 11.8 Å². The predicted octanol–water partition coefficient (Wildman–Crippen LogP) is 3.85. The molecule has 3 aromatic carbocycles. The summed E-state index contributed by atoms with van der Waals surface area (Å²) in [7, 11) is -2.45. The van der Waals surface area contributed by atoms with E-state index in [2.05, 4.69) is 21.9 Å². The van der Waals surface area contributed by atoms with Crippen molar-refractivity contribution in [1.29, 1.82) is 0 Å². The molecule has 3 rings (SSSR count). The van der Waals surface area contributed by atoms with E-state index in [4.69, 9.17) is 4.74 Å². The topological polar surface area (TPSA) is 84.5 Å². The molecule has 0 bridgehead atoms. The molecule has 0 aliphatic rings. The Morgan fingerprint density at radius 2 is 1.60 bits per heavy atom. The normalized spacial score (nSPS) is 10.5. The van der Waals surface area contributed by atoms with Crippen molar-refractivity contribution in [3.63, 3.8) is 0 Å². The van der Waals surface area contributed by atoms with Gasteiger partial charge in [0.1, 0.15) is 5.75 Å². The second-order valence-electron chi connectivity index (χ2n) is 6.35. The molecule has 0 atom stereocenters. The summed E-state index contributed by atoms with van der Waals surface area (Å²) in [5, 5.41) is 2.57. The van der Waals surface area contributed by atoms with E-state index in [1.54, 1.807) is 24.3 Å². The first-order valence-electron chi connectivity index (χ1n) is 9.03. The summed E-state index contributed by atoms with van der Waals surface area (Å²) in [6.07, 6.45) is 0. The maximum absolute atomic E-state index is 12.8. The van der Waals surface area contributed by atoms with Gasteiger partial charge in [-0.25, -0.2) is 8.42 Å². The third kappa shape index (κ3) is 5.40. The van der Waals surface area contributed by atoms with Crippen LogP contribution in [0.1, 0.15) is 18.1 Å². The van der Waals surface area contributed by atoms with Gasteiger partial charge in [0.15, 0.2) is 0 Å². The molecule has 7 heteroatoms. The number of carbonyl (C=O) groups excluding carboxylic acids is 1.